The Labute approximate surface area is 145 Å². The van der Waals surface area contributed by atoms with Crippen LogP contribution >= 0.6 is 0 Å². The van der Waals surface area contributed by atoms with E-state index < -0.39 is 0 Å². The lowest BCUT2D eigenvalue weighted by Crippen LogP contribution is -2.32. The predicted molar refractivity (Wildman–Crippen MR) is 95.0 cm³/mol. The number of rotatable bonds is 11. The van der Waals surface area contributed by atoms with Gasteiger partial charge in [0.2, 0.25) is 11.8 Å². The summed E-state index contributed by atoms with van der Waals surface area (Å²) in [4.78, 5) is 25.3. The molecule has 0 aromatic carbocycles. The summed E-state index contributed by atoms with van der Waals surface area (Å²) in [5, 5.41) is 2.99. The quantitative estimate of drug-likeness (QED) is 0.466. The molecule has 24 heavy (non-hydrogen) atoms. The van der Waals surface area contributed by atoms with Crippen molar-refractivity contribution in [1.29, 1.82) is 0 Å². The van der Waals surface area contributed by atoms with Crippen LogP contribution in [0.25, 0.3) is 0 Å². The average Bonchev–Trinajstić information content (AvgIpc) is 2.85. The van der Waals surface area contributed by atoms with Crippen LogP contribution in [0.4, 0.5) is 0 Å². The maximum atomic E-state index is 12.0. The Balaban J connectivity index is 2.15. The highest BCUT2D eigenvalue weighted by Gasteiger charge is 2.30. The number of ether oxygens (including phenoxy) is 1. The number of hydrogen-bond donors (Lipinski definition) is 1. The summed E-state index contributed by atoms with van der Waals surface area (Å²) in [5.41, 5.74) is 0. The molecule has 5 nitrogen and oxygen atoms in total. The molecule has 1 aliphatic heterocycles. The maximum Gasteiger partial charge on any atom is 0.250 e. The van der Waals surface area contributed by atoms with E-state index in [-0.39, 0.29) is 23.8 Å². The molecule has 0 radical (unpaired) electrons. The largest absolute Gasteiger partial charge is 0.499 e. The van der Waals surface area contributed by atoms with Crippen molar-refractivity contribution in [2.24, 2.45) is 5.92 Å². The number of hydrogen-bond acceptors (Lipinski definition) is 3. The predicted octanol–water partition coefficient (Wildman–Crippen LogP) is 2.47. The summed E-state index contributed by atoms with van der Waals surface area (Å²) >= 11 is 0. The van der Waals surface area contributed by atoms with Gasteiger partial charge in [-0.3, -0.25) is 9.59 Å². The number of unbranched alkanes of at least 4 members (excludes halogenated alkanes) is 3. The van der Waals surface area contributed by atoms with Crippen molar-refractivity contribution in [3.63, 3.8) is 0 Å². The highest BCUT2D eigenvalue weighted by molar-refractivity contribution is 5.91. The lowest BCUT2D eigenvalue weighted by atomic mass is 10.0. The average molecular weight is 334 g/mol. The third kappa shape index (κ3) is 6.27. The molecule has 5 heteroatoms. The Kier molecular flexibility index (Phi) is 8.99. The molecule has 1 heterocycles. The Morgan fingerprint density at radius 2 is 2.17 bits per heavy atom. The molecule has 1 aliphatic rings. The van der Waals surface area contributed by atoms with Gasteiger partial charge in [-0.2, -0.15) is 0 Å². The van der Waals surface area contributed by atoms with Crippen LogP contribution in [0.3, 0.4) is 0 Å². The zero-order valence-corrected chi connectivity index (χ0v) is 15.1. The van der Waals surface area contributed by atoms with Gasteiger partial charge in [-0.05, 0) is 32.1 Å². The molecule has 0 aliphatic carbocycles. The molecule has 1 rings (SSSR count). The van der Waals surface area contributed by atoms with Crippen molar-refractivity contribution >= 4 is 11.8 Å². The van der Waals surface area contributed by atoms with E-state index in [2.05, 4.69) is 11.2 Å². The first-order valence-corrected chi connectivity index (χ1v) is 8.74. The number of carbonyl (C=O) groups is 2. The third-order valence-corrected chi connectivity index (χ3v) is 4.50. The summed E-state index contributed by atoms with van der Waals surface area (Å²) in [6, 6.07) is 0.0216. The van der Waals surface area contributed by atoms with Gasteiger partial charge >= 0.3 is 0 Å². The van der Waals surface area contributed by atoms with Gasteiger partial charge in [0.25, 0.3) is 0 Å². The topological polar surface area (TPSA) is 58.6 Å². The third-order valence-electron chi connectivity index (χ3n) is 4.50. The molecule has 0 fully saturated rings. The molecule has 0 aromatic heterocycles. The van der Waals surface area contributed by atoms with E-state index >= 15 is 0 Å². The molecule has 2 unspecified atom stereocenters. The van der Waals surface area contributed by atoms with Gasteiger partial charge in [-0.15, -0.1) is 12.3 Å². The SMILES string of the molecule is C#CCCCCC(C)C(=O)NCCCCC1C(OC)=CC(=O)N1C. The molecule has 0 aromatic rings. The van der Waals surface area contributed by atoms with Gasteiger partial charge in [-0.1, -0.05) is 13.3 Å². The minimum Gasteiger partial charge on any atom is -0.499 e. The van der Waals surface area contributed by atoms with Crippen molar-refractivity contribution in [2.45, 2.75) is 57.9 Å². The number of likely N-dealkylation sites (N-methyl/N-ethyl adjacent to an activating group) is 1. The van der Waals surface area contributed by atoms with E-state index in [4.69, 9.17) is 11.2 Å². The molecule has 0 saturated carbocycles. The van der Waals surface area contributed by atoms with Crippen LogP contribution in [-0.4, -0.2) is 43.5 Å². The Hall–Kier alpha value is -1.96. The fourth-order valence-corrected chi connectivity index (χ4v) is 2.85. The zero-order chi connectivity index (χ0) is 17.9. The number of nitrogens with one attached hydrogen (secondary N) is 1. The lowest BCUT2D eigenvalue weighted by molar-refractivity contribution is -0.125. The molecular formula is C19H30N2O3. The molecule has 0 spiro atoms. The van der Waals surface area contributed by atoms with Crippen molar-refractivity contribution in [3.8, 4) is 12.3 Å². The molecule has 2 amide bonds. The van der Waals surface area contributed by atoms with Crippen LogP contribution in [-0.2, 0) is 14.3 Å². The second kappa shape index (κ2) is 10.7. The van der Waals surface area contributed by atoms with E-state index in [1.54, 1.807) is 25.1 Å². The molecule has 2 atom stereocenters. The normalized spacial score (nSPS) is 18.1. The molecule has 134 valence electrons. The van der Waals surface area contributed by atoms with Gasteiger partial charge in [0.15, 0.2) is 0 Å². The van der Waals surface area contributed by atoms with Crippen LogP contribution < -0.4 is 5.32 Å². The highest BCUT2D eigenvalue weighted by Crippen LogP contribution is 2.22. The van der Waals surface area contributed by atoms with E-state index in [1.165, 1.54) is 0 Å². The van der Waals surface area contributed by atoms with Crippen molar-refractivity contribution in [3.05, 3.63) is 11.8 Å². The van der Waals surface area contributed by atoms with Gasteiger partial charge in [0, 0.05) is 32.0 Å². The van der Waals surface area contributed by atoms with E-state index in [0.717, 1.165) is 50.7 Å². The summed E-state index contributed by atoms with van der Waals surface area (Å²) in [6.07, 6.45) is 13.1. The van der Waals surface area contributed by atoms with Gasteiger partial charge in [-0.25, -0.2) is 0 Å². The van der Waals surface area contributed by atoms with E-state index in [9.17, 15) is 9.59 Å². The fourth-order valence-electron chi connectivity index (χ4n) is 2.85. The zero-order valence-electron chi connectivity index (χ0n) is 15.1. The van der Waals surface area contributed by atoms with Crippen LogP contribution in [0, 0.1) is 18.3 Å². The number of amides is 2. The number of terminal acetylenes is 1. The van der Waals surface area contributed by atoms with E-state index in [1.807, 2.05) is 6.92 Å². The Morgan fingerprint density at radius 1 is 1.42 bits per heavy atom. The first-order valence-electron chi connectivity index (χ1n) is 8.74. The van der Waals surface area contributed by atoms with E-state index in [0.29, 0.717) is 6.54 Å². The van der Waals surface area contributed by atoms with Gasteiger partial charge in [0.05, 0.1) is 13.2 Å². The summed E-state index contributed by atoms with van der Waals surface area (Å²) in [5.74, 6) is 3.48. The second-order valence-electron chi connectivity index (χ2n) is 6.35. The van der Waals surface area contributed by atoms with Crippen LogP contribution in [0.5, 0.6) is 0 Å². The van der Waals surface area contributed by atoms with Crippen molar-refractivity contribution in [2.75, 3.05) is 20.7 Å². The van der Waals surface area contributed by atoms with Crippen molar-refractivity contribution in [1.82, 2.24) is 10.2 Å². The molecule has 0 saturated heterocycles. The molecule has 0 bridgehead atoms. The van der Waals surface area contributed by atoms with Crippen LogP contribution in [0.1, 0.15) is 51.9 Å². The fraction of sp³-hybridized carbons (Fsp3) is 0.684. The van der Waals surface area contributed by atoms with Crippen LogP contribution in [0.2, 0.25) is 0 Å². The minimum atomic E-state index is -0.0104. The monoisotopic (exact) mass is 334 g/mol. The summed E-state index contributed by atoms with van der Waals surface area (Å²) < 4.78 is 5.26. The van der Waals surface area contributed by atoms with Gasteiger partial charge < -0.3 is 15.0 Å². The first-order chi connectivity index (χ1) is 11.5. The number of methoxy groups -OCH3 is 1. The van der Waals surface area contributed by atoms with Crippen molar-refractivity contribution < 1.29 is 14.3 Å². The lowest BCUT2D eigenvalue weighted by Gasteiger charge is -2.22. The number of carbonyl (C=O) groups excluding carboxylic acids is 2. The second-order valence-corrected chi connectivity index (χ2v) is 6.35. The summed E-state index contributed by atoms with van der Waals surface area (Å²) in [7, 11) is 3.38. The standard InChI is InChI=1S/C19H30N2O3/c1-5-6-7-8-11-15(2)19(23)20-13-10-9-12-16-17(24-4)14-18(22)21(16)3/h1,14-16H,6-13H2,2-4H3,(H,20,23). The van der Waals surface area contributed by atoms with Crippen LogP contribution in [0.15, 0.2) is 11.8 Å². The minimum absolute atomic E-state index is 0.0104. The summed E-state index contributed by atoms with van der Waals surface area (Å²) in [6.45, 7) is 2.63. The molecular weight excluding hydrogens is 304 g/mol. The van der Waals surface area contributed by atoms with Gasteiger partial charge in [0.1, 0.15) is 5.76 Å². The highest BCUT2D eigenvalue weighted by atomic mass is 16.5. The maximum absolute atomic E-state index is 12.0. The Morgan fingerprint density at radius 3 is 2.83 bits per heavy atom. The Bertz CT molecular complexity index is 493. The smallest absolute Gasteiger partial charge is 0.250 e. The number of nitrogens with zero attached hydrogens (tertiary/aromatic N) is 1. The molecule has 1 N–H and O–H groups in total. The first kappa shape index (κ1) is 20.1.